The van der Waals surface area contributed by atoms with Crippen LogP contribution >= 0.6 is 0 Å². The van der Waals surface area contributed by atoms with Gasteiger partial charge in [0.15, 0.2) is 5.82 Å². The molecule has 0 saturated carbocycles. The summed E-state index contributed by atoms with van der Waals surface area (Å²) in [6.07, 6.45) is 3.05. The van der Waals surface area contributed by atoms with Crippen LogP contribution in [0.4, 0.5) is 0 Å². The maximum Gasteiger partial charge on any atom is 0.177 e. The van der Waals surface area contributed by atoms with Gasteiger partial charge in [0.05, 0.1) is 18.5 Å². The van der Waals surface area contributed by atoms with Crippen LogP contribution in [0.2, 0.25) is 0 Å². The summed E-state index contributed by atoms with van der Waals surface area (Å²) in [5, 5.41) is 4.11. The van der Waals surface area contributed by atoms with Crippen molar-refractivity contribution in [1.82, 2.24) is 15.0 Å². The molecular weight excluding hydrogens is 378 g/mol. The fourth-order valence-corrected chi connectivity index (χ4v) is 2.73. The van der Waals surface area contributed by atoms with Crippen LogP contribution in [0.5, 0.6) is 5.75 Å². The largest absolute Gasteiger partial charge is 0.497 e. The van der Waals surface area contributed by atoms with Crippen LogP contribution in [0.1, 0.15) is 48.4 Å². The normalized spacial score (nSPS) is 11.9. The van der Waals surface area contributed by atoms with E-state index in [1.54, 1.807) is 13.2 Å². The molecule has 2 rings (SSSR count). The van der Waals surface area contributed by atoms with Gasteiger partial charge < -0.3 is 9.57 Å². The molecule has 30 heavy (non-hydrogen) atoms. The van der Waals surface area contributed by atoms with Crippen LogP contribution in [-0.4, -0.2) is 40.1 Å². The van der Waals surface area contributed by atoms with Crippen molar-refractivity contribution < 1.29 is 9.57 Å². The number of hydrogen-bond acceptors (Lipinski definition) is 7. The van der Waals surface area contributed by atoms with Crippen LogP contribution in [0.25, 0.3) is 0 Å². The van der Waals surface area contributed by atoms with Crippen LogP contribution in [0.15, 0.2) is 53.3 Å². The molecule has 0 aliphatic rings. The van der Waals surface area contributed by atoms with Gasteiger partial charge in [0, 0.05) is 34.9 Å². The van der Waals surface area contributed by atoms with Gasteiger partial charge in [-0.2, -0.15) is 0 Å². The minimum absolute atomic E-state index is 0.441. The van der Waals surface area contributed by atoms with E-state index < -0.39 is 0 Å². The van der Waals surface area contributed by atoms with Crippen molar-refractivity contribution in [1.29, 1.82) is 0 Å². The highest BCUT2D eigenvalue weighted by atomic mass is 16.6. The van der Waals surface area contributed by atoms with E-state index in [0.29, 0.717) is 41.7 Å². The molecular formula is C23H29N5O2. The number of nitrogens with zero attached hydrogens (tertiary/aromatic N) is 5. The van der Waals surface area contributed by atoms with E-state index in [1.807, 2.05) is 45.9 Å². The number of aryl methyl sites for hydroxylation is 3. The summed E-state index contributed by atoms with van der Waals surface area (Å²) in [5.41, 5.74) is 5.37. The minimum atomic E-state index is 0.441. The van der Waals surface area contributed by atoms with Gasteiger partial charge in [-0.1, -0.05) is 18.3 Å². The predicted molar refractivity (Wildman–Crippen MR) is 120 cm³/mol. The van der Waals surface area contributed by atoms with Crippen LogP contribution in [0.3, 0.4) is 0 Å². The Morgan fingerprint density at radius 2 is 1.73 bits per heavy atom. The summed E-state index contributed by atoms with van der Waals surface area (Å²) >= 11 is 0. The first kappa shape index (κ1) is 22.9. The van der Waals surface area contributed by atoms with Crippen molar-refractivity contribution in [3.8, 4) is 5.75 Å². The molecule has 0 aliphatic carbocycles. The molecule has 0 atom stereocenters. The van der Waals surface area contributed by atoms with Gasteiger partial charge in [-0.05, 0) is 52.7 Å². The third-order valence-electron chi connectivity index (χ3n) is 4.11. The quantitative estimate of drug-likeness (QED) is 0.329. The lowest BCUT2D eigenvalue weighted by molar-refractivity contribution is 0.141. The zero-order valence-electron chi connectivity index (χ0n) is 18.4. The number of ether oxygens (including phenoxy) is 1. The Bertz CT molecular complexity index is 959. The summed E-state index contributed by atoms with van der Waals surface area (Å²) in [7, 11) is 1.62. The second-order valence-electron chi connectivity index (χ2n) is 6.89. The number of oxime groups is 1. The molecule has 2 heterocycles. The van der Waals surface area contributed by atoms with E-state index in [1.165, 1.54) is 0 Å². The summed E-state index contributed by atoms with van der Waals surface area (Å²) in [5.74, 6) is 1.31. The highest BCUT2D eigenvalue weighted by Gasteiger charge is 2.07. The van der Waals surface area contributed by atoms with Gasteiger partial charge in [0.1, 0.15) is 18.1 Å². The van der Waals surface area contributed by atoms with Crippen molar-refractivity contribution in [2.45, 2.75) is 40.5 Å². The second kappa shape index (κ2) is 11.0. The molecule has 0 aromatic carbocycles. The summed E-state index contributed by atoms with van der Waals surface area (Å²) < 4.78 is 5.30. The van der Waals surface area contributed by atoms with E-state index in [2.05, 4.69) is 38.3 Å². The van der Waals surface area contributed by atoms with Gasteiger partial charge in [-0.25, -0.2) is 9.97 Å². The van der Waals surface area contributed by atoms with Gasteiger partial charge >= 0.3 is 0 Å². The fraction of sp³-hybridized carbons (Fsp3) is 0.348. The molecule has 0 radical (unpaired) electrons. The third kappa shape index (κ3) is 6.92. The lowest BCUT2D eigenvalue weighted by Crippen LogP contribution is -2.06. The van der Waals surface area contributed by atoms with E-state index in [-0.39, 0.29) is 0 Å². The molecule has 0 aliphatic heterocycles. The Morgan fingerprint density at radius 1 is 1.07 bits per heavy atom. The zero-order valence-corrected chi connectivity index (χ0v) is 18.4. The third-order valence-corrected chi connectivity index (χ3v) is 4.11. The molecule has 0 spiro atoms. The van der Waals surface area contributed by atoms with Gasteiger partial charge in [-0.3, -0.25) is 9.98 Å². The number of aliphatic imine (C=N–C) groups is 1. The summed E-state index contributed by atoms with van der Waals surface area (Å²) in [4.78, 5) is 23.2. The zero-order chi connectivity index (χ0) is 22.1. The molecule has 2 aromatic heterocycles. The molecule has 7 nitrogen and oxygen atoms in total. The molecule has 7 heteroatoms. The van der Waals surface area contributed by atoms with E-state index in [9.17, 15) is 0 Å². The summed E-state index contributed by atoms with van der Waals surface area (Å²) in [6, 6.07) is 5.61. The first-order chi connectivity index (χ1) is 14.3. The number of aromatic nitrogens is 3. The number of rotatable bonds is 10. The maximum atomic E-state index is 5.41. The van der Waals surface area contributed by atoms with E-state index in [4.69, 9.17) is 9.57 Å². The van der Waals surface area contributed by atoms with Crippen molar-refractivity contribution in [2.24, 2.45) is 10.1 Å². The van der Waals surface area contributed by atoms with Gasteiger partial charge in [0.25, 0.3) is 0 Å². The van der Waals surface area contributed by atoms with Crippen molar-refractivity contribution in [3.05, 3.63) is 71.7 Å². The van der Waals surface area contributed by atoms with E-state index in [0.717, 1.165) is 29.3 Å². The first-order valence-corrected chi connectivity index (χ1v) is 9.73. The molecule has 0 fully saturated rings. The molecule has 0 saturated heterocycles. The average molecular weight is 408 g/mol. The fourth-order valence-electron chi connectivity index (χ4n) is 2.73. The Morgan fingerprint density at radius 3 is 2.37 bits per heavy atom. The van der Waals surface area contributed by atoms with Gasteiger partial charge in [0.2, 0.25) is 0 Å². The molecule has 2 aromatic rings. The average Bonchev–Trinajstić information content (AvgIpc) is 2.70. The van der Waals surface area contributed by atoms with Crippen molar-refractivity contribution in [2.75, 3.05) is 13.7 Å². The first-order valence-electron chi connectivity index (χ1n) is 9.73. The lowest BCUT2D eigenvalue weighted by Gasteiger charge is -2.07. The topological polar surface area (TPSA) is 81.9 Å². The maximum absolute atomic E-state index is 5.41. The monoisotopic (exact) mass is 407 g/mol. The molecule has 0 bridgehead atoms. The van der Waals surface area contributed by atoms with E-state index >= 15 is 0 Å². The number of pyridine rings is 1. The lowest BCUT2D eigenvalue weighted by atomic mass is 10.2. The Hall–Kier alpha value is -3.35. The minimum Gasteiger partial charge on any atom is -0.497 e. The van der Waals surface area contributed by atoms with Crippen molar-refractivity contribution in [3.63, 3.8) is 0 Å². The Kier molecular flexibility index (Phi) is 8.41. The molecule has 158 valence electrons. The number of allylic oxidation sites excluding steroid dienone is 2. The number of methoxy groups -OCH3 is 1. The van der Waals surface area contributed by atoms with Crippen LogP contribution < -0.4 is 4.74 Å². The predicted octanol–water partition coefficient (Wildman–Crippen LogP) is 4.52. The Balaban J connectivity index is 1.90. The smallest absolute Gasteiger partial charge is 0.177 e. The van der Waals surface area contributed by atoms with Crippen molar-refractivity contribution >= 4 is 11.4 Å². The molecule has 0 amide bonds. The highest BCUT2D eigenvalue weighted by molar-refractivity contribution is 6.07. The van der Waals surface area contributed by atoms with Crippen LogP contribution in [-0.2, 0) is 4.84 Å². The van der Waals surface area contributed by atoms with Crippen LogP contribution in [0, 0.1) is 20.8 Å². The second-order valence-corrected chi connectivity index (χ2v) is 6.89. The summed E-state index contributed by atoms with van der Waals surface area (Å²) in [6.45, 7) is 15.9. The highest BCUT2D eigenvalue weighted by Crippen LogP contribution is 2.16. The molecule has 0 unspecified atom stereocenters. The van der Waals surface area contributed by atoms with Gasteiger partial charge in [-0.15, -0.1) is 0 Å². The standard InChI is InChI=1S/C23H29N5O2/c1-8-21(22-14-20(29-7)13-18(5)25-22)24-15(2)10-9-11-30-28-19(6)23-26-16(3)12-17(4)27-23/h8,12-14H,1-2,9-11H2,3-7H3/b24-21?,28-19+. The number of hydrogen-bond donors (Lipinski definition) is 0. The SMILES string of the molecule is C=CC(=NC(=C)CCCO/N=C(\C)c1nc(C)cc(C)n1)c1cc(OC)cc(C)n1. The molecule has 0 N–H and O–H groups in total. The Labute approximate surface area is 178 Å².